The molecule has 0 spiro atoms. The summed E-state index contributed by atoms with van der Waals surface area (Å²) in [5.74, 6) is -0.328. The number of anilines is 1. The second-order valence-electron chi connectivity index (χ2n) is 5.47. The number of benzene rings is 1. The topological polar surface area (TPSA) is 137 Å². The van der Waals surface area contributed by atoms with E-state index in [0.717, 1.165) is 5.56 Å². The van der Waals surface area contributed by atoms with Crippen molar-refractivity contribution in [3.05, 3.63) is 47.3 Å². The van der Waals surface area contributed by atoms with Crippen molar-refractivity contribution in [1.82, 2.24) is 30.7 Å². The number of rotatable bonds is 5. The maximum absolute atomic E-state index is 12.4. The van der Waals surface area contributed by atoms with E-state index >= 15 is 0 Å². The van der Waals surface area contributed by atoms with E-state index in [2.05, 4.69) is 35.8 Å². The number of carbonyl (C=O) groups is 1. The van der Waals surface area contributed by atoms with Crippen LogP contribution in [0.3, 0.4) is 0 Å². The normalized spacial score (nSPS) is 11.3. The fraction of sp³-hybridized carbons (Fsp3) is 0.200. The molecule has 0 fully saturated rings. The Bertz CT molecular complexity index is 897. The molecule has 0 aliphatic rings. The summed E-state index contributed by atoms with van der Waals surface area (Å²) in [7, 11) is 0. The molecule has 10 nitrogen and oxygen atoms in total. The number of nitrogen functional groups attached to an aromatic ring is 1. The van der Waals surface area contributed by atoms with Gasteiger partial charge in [0.05, 0.1) is 11.9 Å². The molecule has 128 valence electrons. The summed E-state index contributed by atoms with van der Waals surface area (Å²) in [5.41, 5.74) is 9.64. The Morgan fingerprint density at radius 2 is 2.08 bits per heavy atom. The zero-order valence-electron chi connectivity index (χ0n) is 13.6. The molecule has 0 radical (unpaired) electrons. The third-order valence-corrected chi connectivity index (χ3v) is 3.34. The standard InChI is InChI=1S/C15H16N8O2/c1-9(2)12-11(18-22-23(12)14-13(16)20-25-21-14)15(24)19-17-8-10-6-4-3-5-7-10/h3-9H,1-2H3,(H2,16,20)(H,19,24). The Morgan fingerprint density at radius 1 is 1.32 bits per heavy atom. The summed E-state index contributed by atoms with van der Waals surface area (Å²) in [6, 6.07) is 9.38. The summed E-state index contributed by atoms with van der Waals surface area (Å²) in [4.78, 5) is 12.4. The molecule has 0 bridgehead atoms. The predicted molar refractivity (Wildman–Crippen MR) is 89.2 cm³/mol. The average molecular weight is 340 g/mol. The number of hydrazone groups is 1. The van der Waals surface area contributed by atoms with Gasteiger partial charge in [0.2, 0.25) is 11.6 Å². The van der Waals surface area contributed by atoms with Gasteiger partial charge < -0.3 is 5.73 Å². The highest BCUT2D eigenvalue weighted by Crippen LogP contribution is 2.22. The van der Waals surface area contributed by atoms with Gasteiger partial charge in [-0.25, -0.2) is 10.1 Å². The molecule has 3 aromatic rings. The van der Waals surface area contributed by atoms with Crippen molar-refractivity contribution in [3.63, 3.8) is 0 Å². The van der Waals surface area contributed by atoms with E-state index in [1.165, 1.54) is 10.9 Å². The molecule has 2 heterocycles. The molecular weight excluding hydrogens is 324 g/mol. The van der Waals surface area contributed by atoms with Gasteiger partial charge in [-0.05, 0) is 21.8 Å². The number of aromatic nitrogens is 5. The van der Waals surface area contributed by atoms with E-state index in [1.54, 1.807) is 0 Å². The SMILES string of the molecule is CC(C)c1c(C(=O)NN=Cc2ccccc2)nnn1-c1nonc1N. The predicted octanol–water partition coefficient (Wildman–Crippen LogP) is 1.12. The molecule has 3 N–H and O–H groups in total. The van der Waals surface area contributed by atoms with Crippen molar-refractivity contribution in [2.75, 3.05) is 5.73 Å². The maximum atomic E-state index is 12.4. The lowest BCUT2D eigenvalue weighted by atomic mass is 10.1. The Kier molecular flexibility index (Phi) is 4.50. The third kappa shape index (κ3) is 3.37. The second-order valence-corrected chi connectivity index (χ2v) is 5.47. The van der Waals surface area contributed by atoms with Crippen molar-refractivity contribution in [1.29, 1.82) is 0 Å². The lowest BCUT2D eigenvalue weighted by Gasteiger charge is -2.08. The van der Waals surface area contributed by atoms with Gasteiger partial charge >= 0.3 is 0 Å². The Hall–Kier alpha value is -3.56. The largest absolute Gasteiger partial charge is 0.378 e. The number of hydrogen-bond acceptors (Lipinski definition) is 8. The number of nitrogens with zero attached hydrogens (tertiary/aromatic N) is 6. The van der Waals surface area contributed by atoms with Crippen LogP contribution in [0.4, 0.5) is 5.82 Å². The fourth-order valence-electron chi connectivity index (χ4n) is 2.22. The second kappa shape index (κ2) is 6.91. The van der Waals surface area contributed by atoms with Gasteiger partial charge in [0.15, 0.2) is 5.69 Å². The van der Waals surface area contributed by atoms with Crippen LogP contribution in [0.1, 0.15) is 41.5 Å². The molecular formula is C15H16N8O2. The van der Waals surface area contributed by atoms with Crippen molar-refractivity contribution in [2.45, 2.75) is 19.8 Å². The molecule has 0 atom stereocenters. The number of carbonyl (C=O) groups excluding carboxylic acids is 1. The van der Waals surface area contributed by atoms with E-state index in [9.17, 15) is 4.79 Å². The van der Waals surface area contributed by atoms with Gasteiger partial charge in [0.1, 0.15) is 0 Å². The van der Waals surface area contributed by atoms with Gasteiger partial charge in [-0.2, -0.15) is 9.78 Å². The molecule has 25 heavy (non-hydrogen) atoms. The first-order chi connectivity index (χ1) is 12.1. The molecule has 10 heteroatoms. The molecule has 0 aliphatic carbocycles. The van der Waals surface area contributed by atoms with Gasteiger partial charge in [-0.3, -0.25) is 4.79 Å². The van der Waals surface area contributed by atoms with Gasteiger partial charge in [0.25, 0.3) is 5.91 Å². The minimum absolute atomic E-state index is 0.0563. The van der Waals surface area contributed by atoms with Crippen molar-refractivity contribution < 1.29 is 9.42 Å². The van der Waals surface area contributed by atoms with E-state index < -0.39 is 5.91 Å². The minimum atomic E-state index is -0.489. The first kappa shape index (κ1) is 16.3. The molecule has 2 aromatic heterocycles. The quantitative estimate of drug-likeness (QED) is 0.524. The number of nitrogens with one attached hydrogen (secondary N) is 1. The Morgan fingerprint density at radius 3 is 2.72 bits per heavy atom. The molecule has 3 rings (SSSR count). The molecule has 1 amide bonds. The summed E-state index contributed by atoms with van der Waals surface area (Å²) in [6.45, 7) is 3.78. The van der Waals surface area contributed by atoms with E-state index in [-0.39, 0.29) is 23.2 Å². The summed E-state index contributed by atoms with van der Waals surface area (Å²) < 4.78 is 5.92. The first-order valence-electron chi connectivity index (χ1n) is 7.50. The highest BCUT2D eigenvalue weighted by molar-refractivity contribution is 5.94. The van der Waals surface area contributed by atoms with E-state index in [1.807, 2.05) is 44.2 Å². The monoisotopic (exact) mass is 340 g/mol. The lowest BCUT2D eigenvalue weighted by Crippen LogP contribution is -2.21. The first-order valence-corrected chi connectivity index (χ1v) is 7.50. The van der Waals surface area contributed by atoms with Crippen molar-refractivity contribution in [2.24, 2.45) is 5.10 Å². The number of hydrogen-bond donors (Lipinski definition) is 2. The molecule has 0 saturated heterocycles. The van der Waals surface area contributed by atoms with Crippen LogP contribution >= 0.6 is 0 Å². The minimum Gasteiger partial charge on any atom is -0.378 e. The van der Waals surface area contributed by atoms with Crippen molar-refractivity contribution in [3.8, 4) is 5.82 Å². The fourth-order valence-corrected chi connectivity index (χ4v) is 2.22. The molecule has 0 unspecified atom stereocenters. The van der Waals surface area contributed by atoms with Crippen LogP contribution in [0.2, 0.25) is 0 Å². The molecule has 1 aromatic carbocycles. The Balaban J connectivity index is 1.84. The van der Waals surface area contributed by atoms with Crippen LogP contribution in [-0.4, -0.2) is 37.4 Å². The molecule has 0 aliphatic heterocycles. The third-order valence-electron chi connectivity index (χ3n) is 3.34. The van der Waals surface area contributed by atoms with Gasteiger partial charge in [-0.1, -0.05) is 49.4 Å². The van der Waals surface area contributed by atoms with Gasteiger partial charge in [-0.15, -0.1) is 5.10 Å². The van der Waals surface area contributed by atoms with Crippen LogP contribution in [0.25, 0.3) is 5.82 Å². The zero-order chi connectivity index (χ0) is 17.8. The molecule has 0 saturated carbocycles. The smallest absolute Gasteiger partial charge is 0.293 e. The summed E-state index contributed by atoms with van der Waals surface area (Å²) in [6.07, 6.45) is 1.54. The number of nitrogens with two attached hydrogens (primary N) is 1. The van der Waals surface area contributed by atoms with Crippen LogP contribution < -0.4 is 11.2 Å². The highest BCUT2D eigenvalue weighted by atomic mass is 16.6. The van der Waals surface area contributed by atoms with E-state index in [4.69, 9.17) is 5.73 Å². The van der Waals surface area contributed by atoms with Crippen LogP contribution in [0, 0.1) is 0 Å². The summed E-state index contributed by atoms with van der Waals surface area (Å²) >= 11 is 0. The Labute approximate surface area is 142 Å². The van der Waals surface area contributed by atoms with Gasteiger partial charge in [0, 0.05) is 0 Å². The van der Waals surface area contributed by atoms with Crippen LogP contribution in [-0.2, 0) is 0 Å². The van der Waals surface area contributed by atoms with Crippen LogP contribution in [0.5, 0.6) is 0 Å². The van der Waals surface area contributed by atoms with E-state index in [0.29, 0.717) is 5.69 Å². The highest BCUT2D eigenvalue weighted by Gasteiger charge is 2.25. The average Bonchev–Trinajstić information content (AvgIpc) is 3.21. The van der Waals surface area contributed by atoms with Crippen LogP contribution in [0.15, 0.2) is 40.1 Å². The summed E-state index contributed by atoms with van der Waals surface area (Å²) in [5, 5.41) is 19.0. The van der Waals surface area contributed by atoms with Crippen molar-refractivity contribution >= 4 is 17.9 Å². The zero-order valence-corrected chi connectivity index (χ0v) is 13.6. The maximum Gasteiger partial charge on any atom is 0.293 e. The lowest BCUT2D eigenvalue weighted by molar-refractivity contribution is 0.0948. The number of amides is 1.